The molecule has 7 nitrogen and oxygen atoms in total. The number of carbonyl (C=O) groups is 2. The van der Waals surface area contributed by atoms with E-state index in [0.717, 1.165) is 52.9 Å². The van der Waals surface area contributed by atoms with Crippen LogP contribution >= 0.6 is 11.6 Å². The van der Waals surface area contributed by atoms with Gasteiger partial charge >= 0.3 is 0 Å². The summed E-state index contributed by atoms with van der Waals surface area (Å²) < 4.78 is 26.5. The van der Waals surface area contributed by atoms with Crippen LogP contribution in [0.4, 0.5) is 5.69 Å². The highest BCUT2D eigenvalue weighted by molar-refractivity contribution is 7.92. The Kier molecular flexibility index (Phi) is 9.41. The number of sulfonamides is 1. The topological polar surface area (TPSA) is 86.8 Å². The summed E-state index contributed by atoms with van der Waals surface area (Å²) in [6.45, 7) is 5.23. The number of nitrogens with one attached hydrogen (secondary N) is 1. The molecule has 1 saturated carbocycles. The van der Waals surface area contributed by atoms with Gasteiger partial charge in [0, 0.05) is 17.6 Å². The Hall–Kier alpha value is -2.58. The van der Waals surface area contributed by atoms with Gasteiger partial charge in [-0.05, 0) is 74.6 Å². The van der Waals surface area contributed by atoms with Gasteiger partial charge in [0.15, 0.2) is 0 Å². The maximum Gasteiger partial charge on any atom is 0.244 e. The number of hydrogen-bond donors (Lipinski definition) is 1. The molecule has 0 aliphatic heterocycles. The van der Waals surface area contributed by atoms with Crippen LogP contribution in [-0.4, -0.2) is 50.0 Å². The van der Waals surface area contributed by atoms with Gasteiger partial charge < -0.3 is 10.2 Å². The Morgan fingerprint density at radius 3 is 2.36 bits per heavy atom. The summed E-state index contributed by atoms with van der Waals surface area (Å²) in [5.41, 5.74) is 3.11. The van der Waals surface area contributed by atoms with Gasteiger partial charge in [-0.2, -0.15) is 0 Å². The first-order chi connectivity index (χ1) is 17.0. The lowest BCUT2D eigenvalue weighted by Crippen LogP contribution is -2.53. The summed E-state index contributed by atoms with van der Waals surface area (Å²) in [6, 6.07) is 11.7. The van der Waals surface area contributed by atoms with Crippen molar-refractivity contribution in [1.29, 1.82) is 0 Å². The van der Waals surface area contributed by atoms with Crippen molar-refractivity contribution in [2.75, 3.05) is 17.1 Å². The fourth-order valence-corrected chi connectivity index (χ4v) is 5.53. The molecule has 196 valence electrons. The molecule has 3 rings (SSSR count). The number of amides is 2. The van der Waals surface area contributed by atoms with E-state index in [1.54, 1.807) is 37.3 Å². The van der Waals surface area contributed by atoms with E-state index in [-0.39, 0.29) is 18.5 Å². The second-order valence-corrected chi connectivity index (χ2v) is 12.1. The lowest BCUT2D eigenvalue weighted by molar-refractivity contribution is -0.139. The van der Waals surface area contributed by atoms with Crippen LogP contribution in [0.3, 0.4) is 0 Å². The third-order valence-electron chi connectivity index (χ3n) is 6.82. The van der Waals surface area contributed by atoms with Crippen LogP contribution in [0.1, 0.15) is 55.7 Å². The molecular formula is C27H36ClN3O4S. The molecule has 2 aromatic carbocycles. The highest BCUT2D eigenvalue weighted by Crippen LogP contribution is 2.23. The second-order valence-electron chi connectivity index (χ2n) is 9.71. The molecule has 1 aliphatic rings. The second kappa shape index (κ2) is 12.1. The molecule has 0 bridgehead atoms. The molecule has 1 N–H and O–H groups in total. The summed E-state index contributed by atoms with van der Waals surface area (Å²) >= 11 is 6.16. The van der Waals surface area contributed by atoms with Crippen LogP contribution in [0.5, 0.6) is 0 Å². The maximum atomic E-state index is 13.7. The highest BCUT2D eigenvalue weighted by Gasteiger charge is 2.31. The quantitative estimate of drug-likeness (QED) is 0.511. The summed E-state index contributed by atoms with van der Waals surface area (Å²) in [5, 5.41) is 3.61. The minimum absolute atomic E-state index is 0.0971. The lowest BCUT2D eigenvalue weighted by atomic mass is 9.95. The largest absolute Gasteiger partial charge is 0.352 e. The van der Waals surface area contributed by atoms with Crippen LogP contribution in [0.25, 0.3) is 0 Å². The lowest BCUT2D eigenvalue weighted by Gasteiger charge is -2.33. The first kappa shape index (κ1) is 28.0. The molecule has 0 saturated heterocycles. The number of benzene rings is 2. The molecule has 9 heteroatoms. The molecule has 1 fully saturated rings. The van der Waals surface area contributed by atoms with E-state index in [0.29, 0.717) is 10.7 Å². The van der Waals surface area contributed by atoms with E-state index in [4.69, 9.17) is 11.6 Å². The van der Waals surface area contributed by atoms with Crippen LogP contribution in [0.2, 0.25) is 5.02 Å². The summed E-state index contributed by atoms with van der Waals surface area (Å²) in [6.07, 6.45) is 6.25. The zero-order valence-corrected chi connectivity index (χ0v) is 23.0. The van der Waals surface area contributed by atoms with Crippen LogP contribution in [0, 0.1) is 13.8 Å². The molecule has 0 spiro atoms. The molecular weight excluding hydrogens is 498 g/mol. The van der Waals surface area contributed by atoms with Gasteiger partial charge in [-0.15, -0.1) is 0 Å². The van der Waals surface area contributed by atoms with Gasteiger partial charge in [0.1, 0.15) is 12.6 Å². The highest BCUT2D eigenvalue weighted by atomic mass is 35.5. The van der Waals surface area contributed by atoms with Crippen molar-refractivity contribution < 1.29 is 18.0 Å². The molecule has 2 aromatic rings. The molecule has 36 heavy (non-hydrogen) atoms. The van der Waals surface area contributed by atoms with Gasteiger partial charge in [-0.1, -0.05) is 49.1 Å². The molecule has 1 atom stereocenters. The van der Waals surface area contributed by atoms with E-state index in [2.05, 4.69) is 5.32 Å². The molecule has 1 aliphatic carbocycles. The Bertz CT molecular complexity index is 1200. The van der Waals surface area contributed by atoms with Gasteiger partial charge in [0.05, 0.1) is 11.9 Å². The predicted molar refractivity (Wildman–Crippen MR) is 145 cm³/mol. The Balaban J connectivity index is 1.88. The Morgan fingerprint density at radius 2 is 1.75 bits per heavy atom. The summed E-state index contributed by atoms with van der Waals surface area (Å²) in [7, 11) is -3.76. The number of anilines is 1. The monoisotopic (exact) mass is 533 g/mol. The molecule has 0 aromatic heterocycles. The Labute approximate surface area is 219 Å². The van der Waals surface area contributed by atoms with E-state index in [1.807, 2.05) is 26.0 Å². The van der Waals surface area contributed by atoms with Crippen molar-refractivity contribution in [3.05, 3.63) is 64.2 Å². The van der Waals surface area contributed by atoms with Crippen LogP contribution in [-0.2, 0) is 26.2 Å². The van der Waals surface area contributed by atoms with Crippen molar-refractivity contribution in [2.24, 2.45) is 0 Å². The first-order valence-electron chi connectivity index (χ1n) is 12.3. The SMILES string of the molecule is Cc1ccc(N(CC(=O)N(Cc2cccc(Cl)c2)[C@H](C)C(=O)NC2CCCCC2)S(C)(=O)=O)cc1C. The molecule has 2 amide bonds. The van der Waals surface area contributed by atoms with Gasteiger partial charge in [0.2, 0.25) is 21.8 Å². The van der Waals surface area contributed by atoms with E-state index in [1.165, 1.54) is 11.3 Å². The van der Waals surface area contributed by atoms with E-state index >= 15 is 0 Å². The van der Waals surface area contributed by atoms with Crippen molar-refractivity contribution in [3.63, 3.8) is 0 Å². The van der Waals surface area contributed by atoms with Gasteiger partial charge in [0.25, 0.3) is 0 Å². The minimum atomic E-state index is -3.76. The zero-order chi connectivity index (χ0) is 26.5. The standard InChI is InChI=1S/C27H36ClN3O4S/c1-19-13-14-25(15-20(19)2)31(36(4,34)35)18-26(32)30(17-22-9-8-10-23(28)16-22)21(3)27(33)29-24-11-6-5-7-12-24/h8-10,13-16,21,24H,5-7,11-12,17-18H2,1-4H3,(H,29,33)/t21-/m1/s1. The van der Waals surface area contributed by atoms with E-state index < -0.39 is 28.5 Å². The normalized spacial score (nSPS) is 15.2. The Morgan fingerprint density at radius 1 is 1.06 bits per heavy atom. The number of halogens is 1. The summed E-state index contributed by atoms with van der Waals surface area (Å²) in [4.78, 5) is 28.3. The van der Waals surface area contributed by atoms with Crippen molar-refractivity contribution in [3.8, 4) is 0 Å². The number of aryl methyl sites for hydroxylation is 2. The molecule has 0 heterocycles. The van der Waals surface area contributed by atoms with Crippen molar-refractivity contribution >= 4 is 39.1 Å². The number of rotatable bonds is 9. The molecule has 0 unspecified atom stereocenters. The smallest absolute Gasteiger partial charge is 0.244 e. The average molecular weight is 534 g/mol. The predicted octanol–water partition coefficient (Wildman–Crippen LogP) is 4.59. The van der Waals surface area contributed by atoms with Crippen molar-refractivity contribution in [2.45, 2.75) is 71.5 Å². The fourth-order valence-electron chi connectivity index (χ4n) is 4.48. The number of carbonyl (C=O) groups excluding carboxylic acids is 2. The number of nitrogens with zero attached hydrogens (tertiary/aromatic N) is 2. The van der Waals surface area contributed by atoms with E-state index in [9.17, 15) is 18.0 Å². The van der Waals surface area contributed by atoms with Crippen LogP contribution in [0.15, 0.2) is 42.5 Å². The maximum absolute atomic E-state index is 13.7. The minimum Gasteiger partial charge on any atom is -0.352 e. The first-order valence-corrected chi connectivity index (χ1v) is 14.6. The summed E-state index contributed by atoms with van der Waals surface area (Å²) in [5.74, 6) is -0.709. The van der Waals surface area contributed by atoms with Gasteiger partial charge in [-0.25, -0.2) is 8.42 Å². The third-order valence-corrected chi connectivity index (χ3v) is 8.19. The number of hydrogen-bond acceptors (Lipinski definition) is 4. The van der Waals surface area contributed by atoms with Crippen molar-refractivity contribution in [1.82, 2.24) is 10.2 Å². The zero-order valence-electron chi connectivity index (χ0n) is 21.5. The van der Waals surface area contributed by atoms with Gasteiger partial charge in [-0.3, -0.25) is 13.9 Å². The average Bonchev–Trinajstić information content (AvgIpc) is 2.82. The third kappa shape index (κ3) is 7.46. The fraction of sp³-hybridized carbons (Fsp3) is 0.481. The molecule has 0 radical (unpaired) electrons. The van der Waals surface area contributed by atoms with Crippen LogP contribution < -0.4 is 9.62 Å².